The molecule has 63 heavy (non-hydrogen) atoms. The van der Waals surface area contributed by atoms with Gasteiger partial charge >= 0.3 is 0 Å². The number of hydrogen-bond donors (Lipinski definition) is 0. The van der Waals surface area contributed by atoms with Crippen LogP contribution in [0.3, 0.4) is 0 Å². The lowest BCUT2D eigenvalue weighted by Gasteiger charge is -2.50. The lowest BCUT2D eigenvalue weighted by Crippen LogP contribution is -2.44. The third-order valence-corrected chi connectivity index (χ3v) is 14.2. The number of hydrogen-bond acceptors (Lipinski definition) is 1. The second-order valence-corrected chi connectivity index (χ2v) is 17.1. The molecule has 2 aliphatic rings. The largest absolute Gasteiger partial charge is 0.310 e. The van der Waals surface area contributed by atoms with E-state index < -0.39 is 10.8 Å². The van der Waals surface area contributed by atoms with Crippen LogP contribution in [0.1, 0.15) is 44.5 Å². The van der Waals surface area contributed by atoms with Gasteiger partial charge in [0.15, 0.2) is 0 Å². The van der Waals surface area contributed by atoms with Gasteiger partial charge in [-0.3, -0.25) is 0 Å². The molecule has 0 radical (unpaired) electrons. The molecule has 1 heteroatoms. The topological polar surface area (TPSA) is 3.24 Å². The molecule has 0 aromatic heterocycles. The number of fused-ring (bicyclic) bond motifs is 15. The van der Waals surface area contributed by atoms with Crippen molar-refractivity contribution in [3.8, 4) is 11.1 Å². The highest BCUT2D eigenvalue weighted by Gasteiger charge is 2.56. The summed E-state index contributed by atoms with van der Waals surface area (Å²) < 4.78 is 0. The fourth-order valence-corrected chi connectivity index (χ4v) is 11.8. The molecular formula is C62H41N. The maximum Gasteiger partial charge on any atom is 0.0720 e. The zero-order valence-corrected chi connectivity index (χ0v) is 34.6. The van der Waals surface area contributed by atoms with Crippen molar-refractivity contribution in [2.45, 2.75) is 10.8 Å². The molecular weight excluding hydrogens is 759 g/mol. The van der Waals surface area contributed by atoms with Gasteiger partial charge in [0, 0.05) is 17.1 Å². The molecule has 0 atom stereocenters. The van der Waals surface area contributed by atoms with Crippen LogP contribution in [0.5, 0.6) is 0 Å². The molecule has 0 saturated heterocycles. The van der Waals surface area contributed by atoms with Crippen LogP contribution in [-0.4, -0.2) is 0 Å². The van der Waals surface area contributed by atoms with Gasteiger partial charge in [-0.15, -0.1) is 0 Å². The Balaban J connectivity index is 1.11. The Hall–Kier alpha value is -8.00. The molecule has 0 fully saturated rings. The van der Waals surface area contributed by atoms with Crippen molar-refractivity contribution in [3.05, 3.63) is 293 Å². The molecule has 13 rings (SSSR count). The van der Waals surface area contributed by atoms with E-state index in [0.29, 0.717) is 0 Å². The van der Waals surface area contributed by atoms with E-state index in [1.807, 2.05) is 0 Å². The van der Waals surface area contributed by atoms with Crippen LogP contribution in [0.25, 0.3) is 43.4 Å². The Morgan fingerprint density at radius 1 is 0.222 bits per heavy atom. The first-order valence-electron chi connectivity index (χ1n) is 22.0. The van der Waals surface area contributed by atoms with Gasteiger partial charge in [-0.05, 0) is 124 Å². The first-order chi connectivity index (χ1) is 31.3. The lowest BCUT2D eigenvalue weighted by atomic mass is 9.51. The lowest BCUT2D eigenvalue weighted by molar-refractivity contribution is 0.623. The molecule has 0 N–H and O–H groups in total. The fourth-order valence-electron chi connectivity index (χ4n) is 11.8. The minimum atomic E-state index is -0.594. The third kappa shape index (κ3) is 4.88. The van der Waals surface area contributed by atoms with Gasteiger partial charge in [-0.25, -0.2) is 0 Å². The van der Waals surface area contributed by atoms with Gasteiger partial charge in [0.1, 0.15) is 0 Å². The van der Waals surface area contributed by atoms with E-state index in [-0.39, 0.29) is 0 Å². The Kier molecular flexibility index (Phi) is 7.80. The first-order valence-corrected chi connectivity index (χ1v) is 22.0. The quantitative estimate of drug-likeness (QED) is 0.157. The maximum atomic E-state index is 2.51. The summed E-state index contributed by atoms with van der Waals surface area (Å²) in [6.45, 7) is 0. The van der Waals surface area contributed by atoms with E-state index in [9.17, 15) is 0 Å². The van der Waals surface area contributed by atoms with Gasteiger partial charge in [0.25, 0.3) is 0 Å². The van der Waals surface area contributed by atoms with Crippen LogP contribution in [0.15, 0.2) is 249 Å². The van der Waals surface area contributed by atoms with E-state index in [1.54, 1.807) is 0 Å². The molecule has 11 aromatic rings. The highest BCUT2D eigenvalue weighted by molar-refractivity contribution is 6.25. The van der Waals surface area contributed by atoms with E-state index in [1.165, 1.54) is 88.0 Å². The normalized spacial score (nSPS) is 14.0. The molecule has 0 heterocycles. The summed E-state index contributed by atoms with van der Waals surface area (Å²) in [6, 6.07) is 92.9. The summed E-state index contributed by atoms with van der Waals surface area (Å²) in [6.07, 6.45) is 0. The molecule has 0 amide bonds. The standard InChI is InChI=1S/C62H41N/c1-4-20-42(21-5-1)61(43-22-6-2-7-23-43)56-32-16-18-34-58(56)62(59-35-19-17-33-57(59)61)55-31-15-14-30-52(55)53-39-37-46(41-60(53)62)63(44-24-8-3-9-25-44)45-36-38-51-49-28-11-10-26-47(49)48-27-12-13-29-50(48)54(51)40-45/h1-41H. The van der Waals surface area contributed by atoms with Gasteiger partial charge in [0.2, 0.25) is 0 Å². The van der Waals surface area contributed by atoms with Crippen molar-refractivity contribution in [2.75, 3.05) is 4.90 Å². The average Bonchev–Trinajstić information content (AvgIpc) is 3.65. The van der Waals surface area contributed by atoms with Crippen LogP contribution < -0.4 is 4.90 Å². The molecule has 0 saturated carbocycles. The van der Waals surface area contributed by atoms with Gasteiger partial charge in [-0.2, -0.15) is 0 Å². The monoisotopic (exact) mass is 799 g/mol. The summed E-state index contributed by atoms with van der Waals surface area (Å²) in [5.74, 6) is 0. The minimum Gasteiger partial charge on any atom is -0.310 e. The molecule has 0 bridgehead atoms. The highest BCUT2D eigenvalue weighted by atomic mass is 15.1. The van der Waals surface area contributed by atoms with E-state index in [2.05, 4.69) is 254 Å². The summed E-state index contributed by atoms with van der Waals surface area (Å²) >= 11 is 0. The summed E-state index contributed by atoms with van der Waals surface area (Å²) in [4.78, 5) is 2.46. The van der Waals surface area contributed by atoms with Crippen molar-refractivity contribution in [3.63, 3.8) is 0 Å². The maximum absolute atomic E-state index is 2.51. The molecule has 294 valence electrons. The molecule has 1 spiro atoms. The first kappa shape index (κ1) is 35.7. The van der Waals surface area contributed by atoms with Crippen molar-refractivity contribution in [2.24, 2.45) is 0 Å². The number of rotatable bonds is 5. The summed E-state index contributed by atoms with van der Waals surface area (Å²) in [7, 11) is 0. The second kappa shape index (κ2) is 13.8. The Morgan fingerprint density at radius 2 is 0.603 bits per heavy atom. The number of nitrogens with zero attached hydrogens (tertiary/aromatic N) is 1. The Bertz CT molecular complexity index is 3450. The fraction of sp³-hybridized carbons (Fsp3) is 0.0323. The number of para-hydroxylation sites is 1. The zero-order valence-electron chi connectivity index (χ0n) is 34.6. The predicted octanol–water partition coefficient (Wildman–Crippen LogP) is 15.7. The van der Waals surface area contributed by atoms with Crippen LogP contribution >= 0.6 is 0 Å². The van der Waals surface area contributed by atoms with Gasteiger partial charge in [-0.1, -0.05) is 212 Å². The van der Waals surface area contributed by atoms with Crippen LogP contribution in [0.2, 0.25) is 0 Å². The molecule has 1 nitrogen and oxygen atoms in total. The van der Waals surface area contributed by atoms with Crippen molar-refractivity contribution >= 4 is 49.4 Å². The zero-order chi connectivity index (χ0) is 41.5. The minimum absolute atomic E-state index is 0.551. The number of benzene rings is 11. The average molecular weight is 800 g/mol. The summed E-state index contributed by atoms with van der Waals surface area (Å²) in [5.41, 5.74) is 15.2. The van der Waals surface area contributed by atoms with Crippen LogP contribution in [0, 0.1) is 0 Å². The SMILES string of the molecule is c1ccc(N(c2ccc3c(c2)C2(c4ccccc4-3)c3ccccc3C(c3ccccc3)(c3ccccc3)c3ccccc32)c2ccc3c4ccccc4c4ccccc4c3c2)cc1. The predicted molar refractivity (Wildman–Crippen MR) is 263 cm³/mol. The van der Waals surface area contributed by atoms with E-state index >= 15 is 0 Å². The van der Waals surface area contributed by atoms with Gasteiger partial charge in [0.05, 0.1) is 10.8 Å². The van der Waals surface area contributed by atoms with Crippen molar-refractivity contribution in [1.29, 1.82) is 0 Å². The molecule has 11 aromatic carbocycles. The molecule has 2 aliphatic carbocycles. The van der Waals surface area contributed by atoms with Crippen LogP contribution in [-0.2, 0) is 10.8 Å². The van der Waals surface area contributed by atoms with Crippen molar-refractivity contribution in [1.82, 2.24) is 0 Å². The summed E-state index contributed by atoms with van der Waals surface area (Å²) in [5, 5.41) is 7.62. The second-order valence-electron chi connectivity index (χ2n) is 17.1. The Labute approximate surface area is 367 Å². The van der Waals surface area contributed by atoms with E-state index in [4.69, 9.17) is 0 Å². The van der Waals surface area contributed by atoms with Crippen molar-refractivity contribution < 1.29 is 0 Å². The highest BCUT2D eigenvalue weighted by Crippen LogP contribution is 2.65. The Morgan fingerprint density at radius 3 is 1.16 bits per heavy atom. The third-order valence-electron chi connectivity index (χ3n) is 14.2. The smallest absolute Gasteiger partial charge is 0.0720 e. The van der Waals surface area contributed by atoms with E-state index in [0.717, 1.165) is 17.1 Å². The molecule has 0 unspecified atom stereocenters. The van der Waals surface area contributed by atoms with Crippen LogP contribution in [0.4, 0.5) is 17.1 Å². The number of anilines is 3. The molecule has 0 aliphatic heterocycles. The van der Waals surface area contributed by atoms with Gasteiger partial charge < -0.3 is 4.90 Å².